The van der Waals surface area contributed by atoms with Crippen LogP contribution in [0.3, 0.4) is 0 Å². The van der Waals surface area contributed by atoms with E-state index in [9.17, 15) is 9.00 Å². The van der Waals surface area contributed by atoms with Gasteiger partial charge in [0.2, 0.25) is 0 Å². The summed E-state index contributed by atoms with van der Waals surface area (Å²) in [6, 6.07) is 7.26. The van der Waals surface area contributed by atoms with E-state index in [0.29, 0.717) is 17.1 Å². The van der Waals surface area contributed by atoms with Crippen LogP contribution in [0.4, 0.5) is 0 Å². The Morgan fingerprint density at radius 2 is 2.00 bits per heavy atom. The summed E-state index contributed by atoms with van der Waals surface area (Å²) in [4.78, 5) is 16.9. The van der Waals surface area contributed by atoms with Crippen LogP contribution in [0.5, 0.6) is 0 Å². The lowest BCUT2D eigenvalue weighted by Gasteiger charge is -2.31. The Hall–Kier alpha value is -2.02. The van der Waals surface area contributed by atoms with Gasteiger partial charge in [-0.25, -0.2) is 4.98 Å². The summed E-state index contributed by atoms with van der Waals surface area (Å²) in [5.41, 5.74) is 1.46. The molecule has 7 heteroatoms. The number of carbonyl (C=O) groups excluding carboxylic acids is 1. The molecule has 6 nitrogen and oxygen atoms in total. The van der Waals surface area contributed by atoms with Crippen LogP contribution in [0.2, 0.25) is 0 Å². The molecule has 2 aromatic rings. The monoisotopic (exact) mass is 360 g/mol. The topological polar surface area (TPSA) is 87.7 Å². The van der Waals surface area contributed by atoms with Crippen molar-refractivity contribution in [1.29, 1.82) is 0 Å². The Balaban J connectivity index is 1.69. The third-order valence-electron chi connectivity index (χ3n) is 4.64. The fraction of sp³-hybridized carbons (Fsp3) is 0.500. The Bertz CT molecular complexity index is 757. The molecule has 3 atom stereocenters. The number of hydrogen-bond donors (Lipinski definition) is 2. The summed E-state index contributed by atoms with van der Waals surface area (Å²) in [5.74, 6) is 1.91. The highest BCUT2D eigenvalue weighted by Crippen LogP contribution is 2.24. The zero-order valence-corrected chi connectivity index (χ0v) is 15.4. The third kappa shape index (κ3) is 4.15. The lowest BCUT2D eigenvalue weighted by molar-refractivity contribution is 0.0929. The van der Waals surface area contributed by atoms with Crippen LogP contribution in [0.25, 0.3) is 11.4 Å². The average molecular weight is 360 g/mol. The van der Waals surface area contributed by atoms with Crippen molar-refractivity contribution >= 4 is 16.7 Å². The number of H-pyrrole nitrogens is 1. The number of aromatic nitrogens is 3. The first-order valence-corrected chi connectivity index (χ1v) is 10.1. The summed E-state index contributed by atoms with van der Waals surface area (Å²) in [7, 11) is -0.877. The van der Waals surface area contributed by atoms with Crippen LogP contribution in [0.1, 0.15) is 48.8 Å². The highest BCUT2D eigenvalue weighted by Gasteiger charge is 2.30. The number of aromatic amines is 1. The van der Waals surface area contributed by atoms with E-state index in [1.54, 1.807) is 12.1 Å². The van der Waals surface area contributed by atoms with Crippen LogP contribution < -0.4 is 5.32 Å². The van der Waals surface area contributed by atoms with E-state index in [0.717, 1.165) is 37.1 Å². The van der Waals surface area contributed by atoms with E-state index >= 15 is 0 Å². The summed E-state index contributed by atoms with van der Waals surface area (Å²) < 4.78 is 12.2. The van der Waals surface area contributed by atoms with Gasteiger partial charge in [0.1, 0.15) is 5.82 Å². The number of rotatable bonds is 5. The van der Waals surface area contributed by atoms with Gasteiger partial charge in [0.15, 0.2) is 5.82 Å². The smallest absolute Gasteiger partial charge is 0.251 e. The molecular formula is C18H24N4O2S. The quantitative estimate of drug-likeness (QED) is 0.858. The average Bonchev–Trinajstić information content (AvgIpc) is 3.08. The molecule has 1 aromatic heterocycles. The minimum atomic E-state index is -0.877. The van der Waals surface area contributed by atoms with Crippen LogP contribution in [-0.4, -0.2) is 42.3 Å². The van der Waals surface area contributed by atoms with Crippen LogP contribution in [0, 0.1) is 6.92 Å². The highest BCUT2D eigenvalue weighted by molar-refractivity contribution is 7.85. The van der Waals surface area contributed by atoms with E-state index < -0.39 is 10.8 Å². The molecule has 3 rings (SSSR count). The second-order valence-corrected chi connectivity index (χ2v) is 8.34. The number of benzene rings is 1. The predicted octanol–water partition coefficient (Wildman–Crippen LogP) is 2.59. The molecule has 0 radical (unpaired) electrons. The van der Waals surface area contributed by atoms with Crippen molar-refractivity contribution in [3.05, 3.63) is 35.7 Å². The van der Waals surface area contributed by atoms with Crippen molar-refractivity contribution in [3.63, 3.8) is 0 Å². The number of aryl methyl sites for hydroxylation is 1. The molecule has 2 N–H and O–H groups in total. The Labute approximate surface area is 150 Å². The molecule has 134 valence electrons. The zero-order valence-electron chi connectivity index (χ0n) is 14.6. The molecule has 1 heterocycles. The lowest BCUT2D eigenvalue weighted by atomic mass is 9.94. The van der Waals surface area contributed by atoms with Crippen molar-refractivity contribution in [1.82, 2.24) is 20.5 Å². The largest absolute Gasteiger partial charge is 0.348 e. The van der Waals surface area contributed by atoms with Crippen molar-refractivity contribution in [2.45, 2.75) is 50.8 Å². The Morgan fingerprint density at radius 1 is 1.28 bits per heavy atom. The maximum atomic E-state index is 12.6. The maximum absolute atomic E-state index is 12.6. The first-order valence-electron chi connectivity index (χ1n) is 8.76. The van der Waals surface area contributed by atoms with E-state index in [4.69, 9.17) is 0 Å². The SMILES string of the molecule is CCS(=O)C1CCCCC1NC(=O)c1ccc(-c2n[nH]c(C)n2)cc1. The molecule has 1 saturated carbocycles. The summed E-state index contributed by atoms with van der Waals surface area (Å²) in [6.45, 7) is 3.78. The Kier molecular flexibility index (Phi) is 5.63. The second-order valence-electron chi connectivity index (χ2n) is 6.39. The molecule has 0 saturated heterocycles. The molecule has 25 heavy (non-hydrogen) atoms. The van der Waals surface area contributed by atoms with Gasteiger partial charge in [-0.1, -0.05) is 31.9 Å². The fourth-order valence-electron chi connectivity index (χ4n) is 3.28. The fourth-order valence-corrected chi connectivity index (χ4v) is 4.71. The number of hydrogen-bond acceptors (Lipinski definition) is 4. The molecule has 1 aliphatic carbocycles. The molecule has 1 aliphatic rings. The zero-order chi connectivity index (χ0) is 17.8. The van der Waals surface area contributed by atoms with Gasteiger partial charge in [-0.3, -0.25) is 14.1 Å². The number of carbonyl (C=O) groups is 1. The van der Waals surface area contributed by atoms with Gasteiger partial charge in [-0.2, -0.15) is 5.10 Å². The van der Waals surface area contributed by atoms with Gasteiger partial charge in [-0.05, 0) is 31.9 Å². The van der Waals surface area contributed by atoms with E-state index in [1.165, 1.54) is 0 Å². The molecule has 3 unspecified atom stereocenters. The van der Waals surface area contributed by atoms with Crippen molar-refractivity contribution in [3.8, 4) is 11.4 Å². The normalized spacial score (nSPS) is 21.7. The van der Waals surface area contributed by atoms with E-state index in [2.05, 4.69) is 20.5 Å². The van der Waals surface area contributed by atoms with Gasteiger partial charge in [0.05, 0.1) is 5.25 Å². The summed E-state index contributed by atoms with van der Waals surface area (Å²) >= 11 is 0. The van der Waals surface area contributed by atoms with Gasteiger partial charge in [0, 0.05) is 33.7 Å². The van der Waals surface area contributed by atoms with Gasteiger partial charge < -0.3 is 5.32 Å². The molecule has 1 amide bonds. The maximum Gasteiger partial charge on any atom is 0.251 e. The second kappa shape index (κ2) is 7.91. The van der Waals surface area contributed by atoms with Gasteiger partial charge in [0.25, 0.3) is 5.91 Å². The van der Waals surface area contributed by atoms with Crippen LogP contribution in [-0.2, 0) is 10.8 Å². The van der Waals surface area contributed by atoms with Crippen LogP contribution in [0.15, 0.2) is 24.3 Å². The minimum absolute atomic E-state index is 0.00244. The number of nitrogens with zero attached hydrogens (tertiary/aromatic N) is 2. The summed E-state index contributed by atoms with van der Waals surface area (Å²) in [5, 5.41) is 10.1. The third-order valence-corrected chi connectivity index (χ3v) is 6.45. The number of nitrogens with one attached hydrogen (secondary N) is 2. The molecular weight excluding hydrogens is 336 g/mol. The standard InChI is InChI=1S/C18H24N4O2S/c1-3-25(24)16-7-5-4-6-15(16)20-18(23)14-10-8-13(9-11-14)17-19-12(2)21-22-17/h8-11,15-16H,3-7H2,1-2H3,(H,20,23)(H,19,21,22). The predicted molar refractivity (Wildman–Crippen MR) is 98.7 cm³/mol. The van der Waals surface area contributed by atoms with Crippen LogP contribution >= 0.6 is 0 Å². The minimum Gasteiger partial charge on any atom is -0.348 e. The number of amides is 1. The summed E-state index contributed by atoms with van der Waals surface area (Å²) in [6.07, 6.45) is 3.99. The van der Waals surface area contributed by atoms with E-state index in [1.807, 2.05) is 26.0 Å². The van der Waals surface area contributed by atoms with Crippen molar-refractivity contribution in [2.24, 2.45) is 0 Å². The Morgan fingerprint density at radius 3 is 2.64 bits per heavy atom. The van der Waals surface area contributed by atoms with Gasteiger partial charge in [-0.15, -0.1) is 0 Å². The first-order chi connectivity index (χ1) is 12.1. The highest BCUT2D eigenvalue weighted by atomic mass is 32.2. The molecule has 1 fully saturated rings. The molecule has 0 aliphatic heterocycles. The van der Waals surface area contributed by atoms with Crippen molar-refractivity contribution in [2.75, 3.05) is 5.75 Å². The molecule has 1 aromatic carbocycles. The van der Waals surface area contributed by atoms with E-state index in [-0.39, 0.29) is 17.2 Å². The van der Waals surface area contributed by atoms with Crippen molar-refractivity contribution < 1.29 is 9.00 Å². The molecule has 0 spiro atoms. The van der Waals surface area contributed by atoms with Gasteiger partial charge >= 0.3 is 0 Å². The first kappa shape index (κ1) is 17.8. The molecule has 0 bridgehead atoms. The lowest BCUT2D eigenvalue weighted by Crippen LogP contribution is -2.47.